The van der Waals surface area contributed by atoms with Crippen LogP contribution < -0.4 is 0 Å². The Morgan fingerprint density at radius 2 is 2.00 bits per heavy atom. The molecule has 46 valence electrons. The minimum absolute atomic E-state index is 0.887. The lowest BCUT2D eigenvalue weighted by molar-refractivity contribution is 0.597. The van der Waals surface area contributed by atoms with Gasteiger partial charge >= 0.3 is 5.37 Å². The minimum Gasteiger partial charge on any atom is -0.297 e. The van der Waals surface area contributed by atoms with E-state index in [2.05, 4.69) is 4.85 Å². The van der Waals surface area contributed by atoms with Gasteiger partial charge in [-0.15, -0.1) is 0 Å². The molecule has 0 saturated carbocycles. The molecule has 0 aromatic carbocycles. The van der Waals surface area contributed by atoms with E-state index in [-0.39, 0.29) is 0 Å². The molecule has 0 aromatic heterocycles. The zero-order valence-electron chi connectivity index (χ0n) is 4.75. The molecule has 1 unspecified atom stereocenters. The lowest BCUT2D eigenvalue weighted by atomic mass is 10.8. The summed E-state index contributed by atoms with van der Waals surface area (Å²) < 4.78 is 20.7. The predicted molar refractivity (Wildman–Crippen MR) is 30.9 cm³/mol. The number of rotatable bonds is 1. The van der Waals surface area contributed by atoms with Gasteiger partial charge in [0.2, 0.25) is 9.84 Å². The van der Waals surface area contributed by atoms with Gasteiger partial charge in [-0.25, -0.2) is 15.0 Å². The molecule has 0 bridgehead atoms. The van der Waals surface area contributed by atoms with E-state index < -0.39 is 15.2 Å². The van der Waals surface area contributed by atoms with E-state index in [1.165, 1.54) is 6.92 Å². The Kier molecular flexibility index (Phi) is 1.99. The number of hydrogen-bond acceptors (Lipinski definition) is 2. The van der Waals surface area contributed by atoms with Crippen molar-refractivity contribution in [2.24, 2.45) is 0 Å². The van der Waals surface area contributed by atoms with Gasteiger partial charge in [-0.1, -0.05) is 0 Å². The van der Waals surface area contributed by atoms with E-state index in [0.29, 0.717) is 0 Å². The van der Waals surface area contributed by atoms with Gasteiger partial charge in [0.05, 0.1) is 0 Å². The first kappa shape index (κ1) is 7.44. The summed E-state index contributed by atoms with van der Waals surface area (Å²) in [5, 5.41) is -0.887. The van der Waals surface area contributed by atoms with Crippen LogP contribution in [0, 0.1) is 6.57 Å². The van der Waals surface area contributed by atoms with Crippen LogP contribution in [0.5, 0.6) is 0 Å². The van der Waals surface area contributed by atoms with Crippen LogP contribution in [0.2, 0.25) is 0 Å². The van der Waals surface area contributed by atoms with Crippen molar-refractivity contribution < 1.29 is 8.42 Å². The summed E-state index contributed by atoms with van der Waals surface area (Å²) >= 11 is 0. The summed E-state index contributed by atoms with van der Waals surface area (Å²) in [4.78, 5) is 2.82. The highest BCUT2D eigenvalue weighted by Gasteiger charge is 2.17. The van der Waals surface area contributed by atoms with Crippen LogP contribution in [-0.4, -0.2) is 20.0 Å². The van der Waals surface area contributed by atoms with Crippen molar-refractivity contribution in [3.8, 4) is 0 Å². The monoisotopic (exact) mass is 133 g/mol. The Balaban J connectivity index is 4.34. The quantitative estimate of drug-likeness (QED) is 0.482. The van der Waals surface area contributed by atoms with Gasteiger partial charge in [0, 0.05) is 13.2 Å². The molecule has 0 radical (unpaired) electrons. The van der Waals surface area contributed by atoms with E-state index in [1.54, 1.807) is 0 Å². The summed E-state index contributed by atoms with van der Waals surface area (Å²) in [6.07, 6.45) is 1.05. The SMILES string of the molecule is [C-]#[N+]C(C)S(C)(=O)=O. The summed E-state index contributed by atoms with van der Waals surface area (Å²) in [6.45, 7) is 7.67. The van der Waals surface area contributed by atoms with Gasteiger partial charge in [0.25, 0.3) is 0 Å². The molecule has 0 fully saturated rings. The van der Waals surface area contributed by atoms with Crippen molar-refractivity contribution in [2.75, 3.05) is 6.26 Å². The molecular formula is C4H7NO2S. The summed E-state index contributed by atoms with van der Waals surface area (Å²) in [7, 11) is -3.11. The van der Waals surface area contributed by atoms with Crippen molar-refractivity contribution in [2.45, 2.75) is 12.3 Å². The van der Waals surface area contributed by atoms with Gasteiger partial charge < -0.3 is 0 Å². The van der Waals surface area contributed by atoms with Gasteiger partial charge in [-0.05, 0) is 0 Å². The maximum atomic E-state index is 10.3. The summed E-state index contributed by atoms with van der Waals surface area (Å²) in [5.74, 6) is 0. The third-order valence-electron chi connectivity index (χ3n) is 0.801. The molecule has 0 N–H and O–H groups in total. The second kappa shape index (κ2) is 2.14. The van der Waals surface area contributed by atoms with Gasteiger partial charge in [0.15, 0.2) is 0 Å². The topological polar surface area (TPSA) is 38.5 Å². The van der Waals surface area contributed by atoms with Crippen molar-refractivity contribution in [3.05, 3.63) is 11.4 Å². The van der Waals surface area contributed by atoms with Crippen LogP contribution in [0.3, 0.4) is 0 Å². The molecule has 0 heterocycles. The molecule has 4 heteroatoms. The zero-order chi connectivity index (χ0) is 6.78. The van der Waals surface area contributed by atoms with Crippen LogP contribution in [-0.2, 0) is 9.84 Å². The summed E-state index contributed by atoms with van der Waals surface area (Å²) in [5.41, 5.74) is 0. The second-order valence-electron chi connectivity index (χ2n) is 1.56. The Morgan fingerprint density at radius 1 is 1.62 bits per heavy atom. The molecule has 0 saturated heterocycles. The largest absolute Gasteiger partial charge is 0.317 e. The van der Waals surface area contributed by atoms with E-state index in [4.69, 9.17) is 6.57 Å². The summed E-state index contributed by atoms with van der Waals surface area (Å²) in [6, 6.07) is 0. The highest BCUT2D eigenvalue weighted by atomic mass is 32.2. The average Bonchev–Trinajstić information content (AvgIpc) is 1.62. The third kappa shape index (κ3) is 1.94. The fourth-order valence-electron chi connectivity index (χ4n) is 0.0957. The smallest absolute Gasteiger partial charge is 0.297 e. The van der Waals surface area contributed by atoms with Crippen molar-refractivity contribution in [3.63, 3.8) is 0 Å². The Bertz CT molecular complexity index is 199. The number of nitrogens with zero attached hydrogens (tertiary/aromatic N) is 1. The number of hydrogen-bond donors (Lipinski definition) is 0. The predicted octanol–water partition coefficient (Wildman–Crippen LogP) is 0.296. The maximum absolute atomic E-state index is 10.3. The molecule has 0 aromatic rings. The van der Waals surface area contributed by atoms with Crippen molar-refractivity contribution in [1.29, 1.82) is 0 Å². The first-order valence-electron chi connectivity index (χ1n) is 2.04. The van der Waals surface area contributed by atoms with Crippen LogP contribution >= 0.6 is 0 Å². The molecule has 0 spiro atoms. The van der Waals surface area contributed by atoms with Crippen LogP contribution in [0.15, 0.2) is 0 Å². The Morgan fingerprint density at radius 3 is 2.00 bits per heavy atom. The molecule has 3 nitrogen and oxygen atoms in total. The highest BCUT2D eigenvalue weighted by Crippen LogP contribution is 1.96. The van der Waals surface area contributed by atoms with E-state index in [1.807, 2.05) is 0 Å². The van der Waals surface area contributed by atoms with Crippen LogP contribution in [0.4, 0.5) is 0 Å². The molecule has 0 amide bonds. The van der Waals surface area contributed by atoms with Crippen molar-refractivity contribution in [1.82, 2.24) is 0 Å². The molecule has 0 rings (SSSR count). The molecular weight excluding hydrogens is 126 g/mol. The fourth-order valence-corrected chi connectivity index (χ4v) is 0.287. The molecule has 8 heavy (non-hydrogen) atoms. The van der Waals surface area contributed by atoms with E-state index in [9.17, 15) is 8.42 Å². The zero-order valence-corrected chi connectivity index (χ0v) is 5.57. The number of sulfone groups is 1. The van der Waals surface area contributed by atoms with E-state index in [0.717, 1.165) is 6.26 Å². The first-order valence-corrected chi connectivity index (χ1v) is 3.99. The van der Waals surface area contributed by atoms with E-state index >= 15 is 0 Å². The minimum atomic E-state index is -3.11. The van der Waals surface area contributed by atoms with Crippen LogP contribution in [0.25, 0.3) is 4.85 Å². The van der Waals surface area contributed by atoms with Gasteiger partial charge in [-0.2, -0.15) is 0 Å². The Hall–Kier alpha value is -0.560. The Labute approximate surface area is 49.1 Å². The van der Waals surface area contributed by atoms with Gasteiger partial charge in [0.1, 0.15) is 0 Å². The highest BCUT2D eigenvalue weighted by molar-refractivity contribution is 7.91. The molecule has 0 aliphatic rings. The fraction of sp³-hybridized carbons (Fsp3) is 0.750. The van der Waals surface area contributed by atoms with Crippen LogP contribution in [0.1, 0.15) is 6.92 Å². The van der Waals surface area contributed by atoms with Crippen molar-refractivity contribution >= 4 is 9.84 Å². The maximum Gasteiger partial charge on any atom is 0.317 e. The lowest BCUT2D eigenvalue weighted by Crippen LogP contribution is -2.10. The average molecular weight is 133 g/mol. The second-order valence-corrected chi connectivity index (χ2v) is 3.90. The molecule has 1 atom stereocenters. The van der Waals surface area contributed by atoms with Gasteiger partial charge in [-0.3, -0.25) is 4.85 Å². The first-order chi connectivity index (χ1) is 3.48. The lowest BCUT2D eigenvalue weighted by Gasteiger charge is -1.90. The third-order valence-corrected chi connectivity index (χ3v) is 2.15. The standard InChI is InChI=1S/C4H7NO2S/c1-4(5-2)8(3,6)7/h4H,1,3H3. The normalized spacial score (nSPS) is 14.6. The molecule has 0 aliphatic heterocycles. The molecule has 0 aliphatic carbocycles.